The van der Waals surface area contributed by atoms with Crippen LogP contribution >= 0.6 is 0 Å². The van der Waals surface area contributed by atoms with Crippen LogP contribution in [0.15, 0.2) is 0 Å². The fourth-order valence-corrected chi connectivity index (χ4v) is 1.61. The molecule has 0 aromatic heterocycles. The van der Waals surface area contributed by atoms with Crippen molar-refractivity contribution in [2.24, 2.45) is 17.8 Å². The molecule has 0 aliphatic carbocycles. The van der Waals surface area contributed by atoms with Crippen molar-refractivity contribution in [2.75, 3.05) is 13.2 Å². The van der Waals surface area contributed by atoms with Gasteiger partial charge in [0.25, 0.3) is 0 Å². The molecule has 1 atom stereocenters. The zero-order chi connectivity index (χ0) is 8.43. The van der Waals surface area contributed by atoms with Gasteiger partial charge < -0.3 is 14.9 Å². The van der Waals surface area contributed by atoms with Gasteiger partial charge in [-0.3, -0.25) is 0 Å². The molecule has 0 bridgehead atoms. The van der Waals surface area contributed by atoms with Crippen LogP contribution in [0.5, 0.6) is 0 Å². The molecule has 11 heavy (non-hydrogen) atoms. The lowest BCUT2D eigenvalue weighted by Gasteiger charge is -2.36. The molecule has 1 rings (SSSR count). The van der Waals surface area contributed by atoms with Crippen LogP contribution in [0.25, 0.3) is 0 Å². The Morgan fingerprint density at radius 3 is 1.91 bits per heavy atom. The van der Waals surface area contributed by atoms with E-state index in [2.05, 4.69) is 0 Å². The third-order valence-corrected chi connectivity index (χ3v) is 2.32. The molecule has 0 amide bonds. The van der Waals surface area contributed by atoms with Gasteiger partial charge in [-0.25, -0.2) is 0 Å². The molecular weight excluding hydrogens is 144 g/mol. The molecule has 0 aromatic rings. The minimum atomic E-state index is -1.19. The van der Waals surface area contributed by atoms with Crippen LogP contribution in [-0.2, 0) is 4.74 Å². The Morgan fingerprint density at radius 2 is 1.82 bits per heavy atom. The van der Waals surface area contributed by atoms with Gasteiger partial charge in [-0.15, -0.1) is 0 Å². The quantitative estimate of drug-likeness (QED) is 0.580. The number of hydrogen-bond acceptors (Lipinski definition) is 3. The number of ether oxygens (including phenoxy) is 1. The largest absolute Gasteiger partial charge is 0.381 e. The van der Waals surface area contributed by atoms with Crippen molar-refractivity contribution < 1.29 is 14.9 Å². The summed E-state index contributed by atoms with van der Waals surface area (Å²) in [7, 11) is 0. The summed E-state index contributed by atoms with van der Waals surface area (Å²) >= 11 is 0. The molecule has 0 spiro atoms. The summed E-state index contributed by atoms with van der Waals surface area (Å²) in [4.78, 5) is 0. The van der Waals surface area contributed by atoms with E-state index >= 15 is 0 Å². The van der Waals surface area contributed by atoms with Gasteiger partial charge in [0.1, 0.15) is 0 Å². The van der Waals surface area contributed by atoms with Crippen LogP contribution < -0.4 is 0 Å². The van der Waals surface area contributed by atoms with E-state index in [1.807, 2.05) is 13.8 Å². The monoisotopic (exact) mass is 160 g/mol. The Labute approximate surface area is 67.0 Å². The van der Waals surface area contributed by atoms with E-state index in [9.17, 15) is 0 Å². The molecule has 3 nitrogen and oxygen atoms in total. The zero-order valence-corrected chi connectivity index (χ0v) is 7.03. The average Bonchev–Trinajstić information content (AvgIpc) is 1.75. The van der Waals surface area contributed by atoms with Crippen LogP contribution in [0, 0.1) is 17.8 Å². The van der Waals surface area contributed by atoms with Gasteiger partial charge in [-0.05, 0) is 5.92 Å². The molecule has 1 heterocycles. The summed E-state index contributed by atoms with van der Waals surface area (Å²) in [6.07, 6.45) is -1.19. The summed E-state index contributed by atoms with van der Waals surface area (Å²) < 4.78 is 4.99. The van der Waals surface area contributed by atoms with Crippen molar-refractivity contribution >= 4 is 0 Å². The summed E-state index contributed by atoms with van der Waals surface area (Å²) in [5, 5.41) is 18.0. The van der Waals surface area contributed by atoms with Gasteiger partial charge in [0, 0.05) is 11.8 Å². The Hall–Kier alpha value is -0.120. The molecule has 0 aromatic carbocycles. The summed E-state index contributed by atoms with van der Waals surface area (Å²) in [6, 6.07) is 0. The van der Waals surface area contributed by atoms with Crippen molar-refractivity contribution in [1.29, 1.82) is 0 Å². The number of rotatable bonds is 3. The molecule has 3 heteroatoms. The number of aliphatic hydroxyl groups excluding tert-OH is 1. The highest BCUT2D eigenvalue weighted by Crippen LogP contribution is 2.29. The van der Waals surface area contributed by atoms with E-state index < -0.39 is 6.29 Å². The minimum Gasteiger partial charge on any atom is -0.381 e. The fourth-order valence-electron chi connectivity index (χ4n) is 1.61. The average molecular weight is 160 g/mol. The molecule has 1 aliphatic heterocycles. The number of aliphatic hydroxyl groups is 2. The van der Waals surface area contributed by atoms with E-state index in [0.29, 0.717) is 25.0 Å². The lowest BCUT2D eigenvalue weighted by molar-refractivity contribution is -0.165. The van der Waals surface area contributed by atoms with Gasteiger partial charge in [0.05, 0.1) is 13.2 Å². The molecule has 2 N–H and O–H groups in total. The fraction of sp³-hybridized carbons (Fsp3) is 1.00. The normalized spacial score (nSPS) is 22.4. The third-order valence-electron chi connectivity index (χ3n) is 2.32. The second-order valence-corrected chi connectivity index (χ2v) is 3.53. The van der Waals surface area contributed by atoms with E-state index in [0.717, 1.165) is 0 Å². The highest BCUT2D eigenvalue weighted by atomic mass is 16.5. The number of hydrogen-bond donors (Lipinski definition) is 2. The van der Waals surface area contributed by atoms with Gasteiger partial charge >= 0.3 is 0 Å². The minimum absolute atomic E-state index is 0.0243. The predicted octanol–water partition coefficient (Wildman–Crippen LogP) is 0.216. The predicted molar refractivity (Wildman–Crippen MR) is 40.9 cm³/mol. The SMILES string of the molecule is CC(C)C(C(O)O)C1COC1. The lowest BCUT2D eigenvalue weighted by atomic mass is 9.82. The van der Waals surface area contributed by atoms with Crippen LogP contribution in [0.2, 0.25) is 0 Å². The first-order valence-corrected chi connectivity index (χ1v) is 4.06. The molecule has 1 fully saturated rings. The van der Waals surface area contributed by atoms with Crippen molar-refractivity contribution in [2.45, 2.75) is 20.1 Å². The van der Waals surface area contributed by atoms with Gasteiger partial charge in [0.2, 0.25) is 0 Å². The molecular formula is C8H16O3. The second kappa shape index (κ2) is 3.52. The Kier molecular flexibility index (Phi) is 2.87. The van der Waals surface area contributed by atoms with Crippen LogP contribution in [0.4, 0.5) is 0 Å². The van der Waals surface area contributed by atoms with Crippen LogP contribution in [-0.4, -0.2) is 29.7 Å². The summed E-state index contributed by atoms with van der Waals surface area (Å²) in [5.41, 5.74) is 0. The maximum atomic E-state index is 9.02. The van der Waals surface area contributed by atoms with Gasteiger partial charge in [0.15, 0.2) is 6.29 Å². The molecule has 0 saturated carbocycles. The summed E-state index contributed by atoms with van der Waals surface area (Å²) in [5.74, 6) is 0.627. The summed E-state index contributed by atoms with van der Waals surface area (Å²) in [6.45, 7) is 5.37. The molecule has 1 aliphatic rings. The van der Waals surface area contributed by atoms with Crippen molar-refractivity contribution in [3.63, 3.8) is 0 Å². The van der Waals surface area contributed by atoms with E-state index in [-0.39, 0.29) is 5.92 Å². The second-order valence-electron chi connectivity index (χ2n) is 3.53. The maximum Gasteiger partial charge on any atom is 0.154 e. The zero-order valence-electron chi connectivity index (χ0n) is 7.03. The van der Waals surface area contributed by atoms with Crippen LogP contribution in [0.1, 0.15) is 13.8 Å². The topological polar surface area (TPSA) is 49.7 Å². The van der Waals surface area contributed by atoms with Gasteiger partial charge in [-0.1, -0.05) is 13.8 Å². The molecule has 0 radical (unpaired) electrons. The Balaban J connectivity index is 2.44. The van der Waals surface area contributed by atoms with Crippen molar-refractivity contribution in [3.8, 4) is 0 Å². The highest BCUT2D eigenvalue weighted by Gasteiger charge is 2.34. The van der Waals surface area contributed by atoms with E-state index in [1.54, 1.807) is 0 Å². The van der Waals surface area contributed by atoms with Crippen molar-refractivity contribution in [3.05, 3.63) is 0 Å². The first kappa shape index (κ1) is 8.97. The third kappa shape index (κ3) is 1.92. The maximum absolute atomic E-state index is 9.02. The van der Waals surface area contributed by atoms with Crippen molar-refractivity contribution in [1.82, 2.24) is 0 Å². The van der Waals surface area contributed by atoms with E-state index in [1.165, 1.54) is 0 Å². The Morgan fingerprint density at radius 1 is 1.27 bits per heavy atom. The van der Waals surface area contributed by atoms with Crippen LogP contribution in [0.3, 0.4) is 0 Å². The standard InChI is InChI=1S/C8H16O3/c1-5(2)7(8(9)10)6-3-11-4-6/h5-10H,3-4H2,1-2H3. The molecule has 66 valence electrons. The Bertz CT molecular complexity index is 111. The van der Waals surface area contributed by atoms with Gasteiger partial charge in [-0.2, -0.15) is 0 Å². The highest BCUT2D eigenvalue weighted by molar-refractivity contribution is 4.78. The first-order valence-electron chi connectivity index (χ1n) is 4.06. The lowest BCUT2D eigenvalue weighted by Crippen LogP contribution is -2.42. The smallest absolute Gasteiger partial charge is 0.154 e. The molecule has 1 saturated heterocycles. The molecule has 1 unspecified atom stereocenters. The van der Waals surface area contributed by atoms with E-state index in [4.69, 9.17) is 14.9 Å². The first-order chi connectivity index (χ1) is 5.13.